The second kappa shape index (κ2) is 8.84. The number of anilines is 1. The smallest absolute Gasteiger partial charge is 0.387 e. The average molecular weight is 443 g/mol. The number of esters is 1. The first-order valence-electron chi connectivity index (χ1n) is 9.24. The second-order valence-electron chi connectivity index (χ2n) is 6.48. The summed E-state index contributed by atoms with van der Waals surface area (Å²) in [7, 11) is 0. The van der Waals surface area contributed by atoms with Crippen molar-refractivity contribution in [2.75, 3.05) is 11.9 Å². The van der Waals surface area contributed by atoms with Gasteiger partial charge in [-0.05, 0) is 37.3 Å². The van der Waals surface area contributed by atoms with Crippen LogP contribution < -0.4 is 10.1 Å². The monoisotopic (exact) mass is 443 g/mol. The summed E-state index contributed by atoms with van der Waals surface area (Å²) < 4.78 is 45.0. The Labute approximate surface area is 178 Å². The number of carbonyl (C=O) groups excluding carboxylic acids is 2. The number of para-hydroxylation sites is 2. The number of benzene rings is 1. The van der Waals surface area contributed by atoms with Crippen LogP contribution in [0.25, 0.3) is 22.6 Å². The molecule has 4 rings (SSSR count). The maximum atomic E-state index is 12.7. The summed E-state index contributed by atoms with van der Waals surface area (Å²) in [6.45, 7) is -2.11. The van der Waals surface area contributed by atoms with E-state index in [1.807, 2.05) is 0 Å². The van der Waals surface area contributed by atoms with Crippen molar-refractivity contribution in [2.24, 2.45) is 0 Å². The molecule has 0 fully saturated rings. The Morgan fingerprint density at radius 2 is 2.00 bits per heavy atom. The van der Waals surface area contributed by atoms with Crippen LogP contribution >= 0.6 is 0 Å². The van der Waals surface area contributed by atoms with Crippen molar-refractivity contribution in [2.45, 2.75) is 13.5 Å². The van der Waals surface area contributed by atoms with Crippen LogP contribution in [0, 0.1) is 6.92 Å². The number of rotatable bonds is 7. The number of ether oxygens (including phenoxy) is 2. The van der Waals surface area contributed by atoms with Gasteiger partial charge in [-0.2, -0.15) is 8.78 Å². The van der Waals surface area contributed by atoms with E-state index in [1.54, 1.807) is 19.1 Å². The molecule has 0 spiro atoms. The molecule has 0 aliphatic carbocycles. The first kappa shape index (κ1) is 21.0. The Morgan fingerprint density at radius 3 is 2.75 bits per heavy atom. The predicted molar refractivity (Wildman–Crippen MR) is 106 cm³/mol. The molecule has 0 unspecified atom stereocenters. The minimum absolute atomic E-state index is 0.00938. The Bertz CT molecular complexity index is 1270. The number of carbonyl (C=O) groups is 2. The van der Waals surface area contributed by atoms with E-state index >= 15 is 0 Å². The Morgan fingerprint density at radius 1 is 1.19 bits per heavy atom. The molecule has 3 heterocycles. The lowest BCUT2D eigenvalue weighted by molar-refractivity contribution is -0.119. The molecule has 0 atom stereocenters. The van der Waals surface area contributed by atoms with E-state index in [0.717, 1.165) is 0 Å². The first-order valence-corrected chi connectivity index (χ1v) is 9.24. The molecule has 32 heavy (non-hydrogen) atoms. The molecular formula is C21H15F2N3O6. The Balaban J connectivity index is 1.51. The van der Waals surface area contributed by atoms with Gasteiger partial charge < -0.3 is 23.7 Å². The molecule has 1 N–H and O–H groups in total. The van der Waals surface area contributed by atoms with E-state index in [4.69, 9.17) is 13.7 Å². The van der Waals surface area contributed by atoms with Gasteiger partial charge in [0, 0.05) is 0 Å². The van der Waals surface area contributed by atoms with Gasteiger partial charge in [-0.15, -0.1) is 0 Å². The fraction of sp³-hybridized carbons (Fsp3) is 0.143. The van der Waals surface area contributed by atoms with E-state index in [9.17, 15) is 18.4 Å². The Kier molecular flexibility index (Phi) is 5.79. The summed E-state index contributed by atoms with van der Waals surface area (Å²) in [5.41, 5.74) is 0.913. The minimum atomic E-state index is -3.06. The van der Waals surface area contributed by atoms with E-state index in [1.165, 1.54) is 36.6 Å². The number of nitrogens with one attached hydrogen (secondary N) is 1. The number of pyridine rings is 1. The summed E-state index contributed by atoms with van der Waals surface area (Å²) in [5.74, 6) is -1.41. The van der Waals surface area contributed by atoms with Gasteiger partial charge in [0.1, 0.15) is 11.4 Å². The maximum absolute atomic E-state index is 12.7. The van der Waals surface area contributed by atoms with Crippen LogP contribution in [0.5, 0.6) is 5.75 Å². The van der Waals surface area contributed by atoms with E-state index in [-0.39, 0.29) is 22.7 Å². The van der Waals surface area contributed by atoms with Gasteiger partial charge in [0.05, 0.1) is 28.6 Å². The number of amides is 1. The van der Waals surface area contributed by atoms with E-state index < -0.39 is 25.1 Å². The number of hydrogen-bond acceptors (Lipinski definition) is 8. The molecule has 9 nitrogen and oxygen atoms in total. The topological polar surface area (TPSA) is 117 Å². The number of halogens is 2. The first-order chi connectivity index (χ1) is 15.4. The summed E-state index contributed by atoms with van der Waals surface area (Å²) in [4.78, 5) is 29.3. The third-order valence-electron chi connectivity index (χ3n) is 4.32. The molecule has 0 radical (unpaired) electrons. The zero-order chi connectivity index (χ0) is 22.7. The van der Waals surface area contributed by atoms with Gasteiger partial charge in [0.2, 0.25) is 0 Å². The summed E-state index contributed by atoms with van der Waals surface area (Å²) in [6, 6.07) is 10.4. The molecule has 1 amide bonds. The molecule has 0 aliphatic rings. The van der Waals surface area contributed by atoms with Crippen molar-refractivity contribution in [1.29, 1.82) is 0 Å². The second-order valence-corrected chi connectivity index (χ2v) is 6.48. The fourth-order valence-corrected chi connectivity index (χ4v) is 2.97. The number of aryl methyl sites for hydroxylation is 1. The number of nitrogens with zero attached hydrogens (tertiary/aromatic N) is 2. The third-order valence-corrected chi connectivity index (χ3v) is 4.32. The van der Waals surface area contributed by atoms with Crippen molar-refractivity contribution in [3.05, 3.63) is 60.0 Å². The van der Waals surface area contributed by atoms with Crippen LogP contribution in [0.15, 0.2) is 57.7 Å². The molecule has 0 saturated carbocycles. The van der Waals surface area contributed by atoms with Crippen molar-refractivity contribution in [1.82, 2.24) is 10.1 Å². The van der Waals surface area contributed by atoms with Crippen LogP contribution in [-0.4, -0.2) is 35.2 Å². The van der Waals surface area contributed by atoms with Crippen LogP contribution in [0.4, 0.5) is 14.5 Å². The number of alkyl halides is 2. The van der Waals surface area contributed by atoms with Crippen molar-refractivity contribution in [3.63, 3.8) is 0 Å². The lowest BCUT2D eigenvalue weighted by atomic mass is 10.1. The highest BCUT2D eigenvalue weighted by molar-refractivity contribution is 6.05. The zero-order valence-electron chi connectivity index (χ0n) is 16.5. The van der Waals surface area contributed by atoms with Gasteiger partial charge in [0.15, 0.2) is 12.4 Å². The highest BCUT2D eigenvalue weighted by Crippen LogP contribution is 2.28. The molecule has 0 saturated heterocycles. The number of hydrogen-bond donors (Lipinski definition) is 1. The minimum Gasteiger partial charge on any atom is -0.463 e. The van der Waals surface area contributed by atoms with Crippen LogP contribution in [-0.2, 0) is 9.53 Å². The van der Waals surface area contributed by atoms with Gasteiger partial charge in [-0.1, -0.05) is 17.3 Å². The largest absolute Gasteiger partial charge is 0.463 e. The number of fused-ring (bicyclic) bond motifs is 1. The SMILES string of the molecule is Cc1noc2nc(-c3ccco3)cc(C(=O)OCC(=O)Nc3ccccc3OC(F)F)c12. The molecule has 0 bridgehead atoms. The van der Waals surface area contributed by atoms with Crippen LogP contribution in [0.2, 0.25) is 0 Å². The van der Waals surface area contributed by atoms with Crippen molar-refractivity contribution < 1.29 is 36.8 Å². The lowest BCUT2D eigenvalue weighted by Crippen LogP contribution is -2.21. The zero-order valence-corrected chi connectivity index (χ0v) is 16.5. The number of aromatic nitrogens is 2. The molecule has 164 valence electrons. The normalized spacial score (nSPS) is 11.0. The van der Waals surface area contributed by atoms with Crippen molar-refractivity contribution >= 4 is 28.7 Å². The third kappa shape index (κ3) is 4.41. The molecule has 11 heteroatoms. The summed E-state index contributed by atoms with van der Waals surface area (Å²) in [6.07, 6.45) is 1.45. The summed E-state index contributed by atoms with van der Waals surface area (Å²) in [5, 5.41) is 6.52. The van der Waals surface area contributed by atoms with Gasteiger partial charge in [-0.25, -0.2) is 9.78 Å². The predicted octanol–water partition coefficient (Wildman–Crippen LogP) is 4.19. The molecule has 3 aromatic heterocycles. The molecular weight excluding hydrogens is 428 g/mol. The van der Waals surface area contributed by atoms with Crippen LogP contribution in [0.1, 0.15) is 16.1 Å². The van der Waals surface area contributed by atoms with E-state index in [2.05, 4.69) is 20.2 Å². The number of furan rings is 1. The summed E-state index contributed by atoms with van der Waals surface area (Å²) >= 11 is 0. The fourth-order valence-electron chi connectivity index (χ4n) is 2.97. The van der Waals surface area contributed by atoms with Crippen molar-refractivity contribution in [3.8, 4) is 17.2 Å². The highest BCUT2D eigenvalue weighted by atomic mass is 19.3. The highest BCUT2D eigenvalue weighted by Gasteiger charge is 2.22. The lowest BCUT2D eigenvalue weighted by Gasteiger charge is -2.12. The molecule has 1 aromatic carbocycles. The molecule has 4 aromatic rings. The van der Waals surface area contributed by atoms with Gasteiger partial charge in [-0.3, -0.25) is 4.79 Å². The van der Waals surface area contributed by atoms with Gasteiger partial charge >= 0.3 is 12.6 Å². The molecule has 0 aliphatic heterocycles. The average Bonchev–Trinajstić information content (AvgIpc) is 3.43. The van der Waals surface area contributed by atoms with Crippen LogP contribution in [0.3, 0.4) is 0 Å². The Hall–Kier alpha value is -4.28. The maximum Gasteiger partial charge on any atom is 0.387 e. The quantitative estimate of drug-likeness (QED) is 0.423. The standard InChI is InChI=1S/C21H15F2N3O6/c1-11-18-12(9-14(15-7-4-8-29-15)25-19(18)32-26-11)20(28)30-10-17(27)24-13-5-2-3-6-16(13)31-21(22)23/h2-9,21H,10H2,1H3,(H,24,27). The van der Waals surface area contributed by atoms with Gasteiger partial charge in [0.25, 0.3) is 11.6 Å². The van der Waals surface area contributed by atoms with E-state index in [0.29, 0.717) is 22.5 Å².